The molecule has 0 aliphatic rings. The van der Waals surface area contributed by atoms with Gasteiger partial charge < -0.3 is 10.5 Å². The number of likely N-dealkylation sites (N-methyl/N-ethyl adjacent to an activating group) is 1. The summed E-state index contributed by atoms with van der Waals surface area (Å²) in [4.78, 5) is 11.6. The van der Waals surface area contributed by atoms with Crippen molar-refractivity contribution < 1.29 is 9.53 Å². The summed E-state index contributed by atoms with van der Waals surface area (Å²) in [6.07, 6.45) is 0.464. The van der Waals surface area contributed by atoms with E-state index in [9.17, 15) is 4.79 Å². The van der Waals surface area contributed by atoms with Gasteiger partial charge in [0.25, 0.3) is 5.91 Å². The molecule has 18 heavy (non-hydrogen) atoms. The average Bonchev–Trinajstić information content (AvgIpc) is 2.27. The summed E-state index contributed by atoms with van der Waals surface area (Å²) < 4.78 is 5.29. The first-order valence-corrected chi connectivity index (χ1v) is 5.78. The molecule has 0 aliphatic heterocycles. The lowest BCUT2D eigenvalue weighted by Gasteiger charge is -2.17. The van der Waals surface area contributed by atoms with Crippen molar-refractivity contribution in [2.75, 3.05) is 14.2 Å². The van der Waals surface area contributed by atoms with Crippen LogP contribution in [0.1, 0.15) is 16.7 Å². The minimum atomic E-state index is -0.618. The van der Waals surface area contributed by atoms with Crippen molar-refractivity contribution >= 4 is 5.91 Å². The molecule has 0 saturated carbocycles. The van der Waals surface area contributed by atoms with Crippen molar-refractivity contribution in [1.29, 1.82) is 0 Å². The fourth-order valence-corrected chi connectivity index (χ4v) is 2.08. The van der Waals surface area contributed by atoms with Gasteiger partial charge in [0, 0.05) is 7.05 Å². The van der Waals surface area contributed by atoms with Crippen LogP contribution >= 0.6 is 0 Å². The first kappa shape index (κ1) is 14.5. The first-order valence-electron chi connectivity index (χ1n) is 5.78. The Labute approximate surface area is 108 Å². The molecule has 0 radical (unpaired) electrons. The van der Waals surface area contributed by atoms with Crippen LogP contribution in [0.4, 0.5) is 0 Å². The lowest BCUT2D eigenvalue weighted by Crippen LogP contribution is -2.46. The van der Waals surface area contributed by atoms with Crippen molar-refractivity contribution in [3.63, 3.8) is 0 Å². The highest BCUT2D eigenvalue weighted by Crippen LogP contribution is 2.24. The normalized spacial score (nSPS) is 12.1. The maximum Gasteiger partial charge on any atom is 0.253 e. The zero-order valence-electron chi connectivity index (χ0n) is 11.4. The third-order valence-electron chi connectivity index (χ3n) is 2.84. The minimum Gasteiger partial charge on any atom is -0.496 e. The zero-order valence-corrected chi connectivity index (χ0v) is 11.4. The first-order chi connectivity index (χ1) is 8.36. The molecule has 1 amide bonds. The maximum absolute atomic E-state index is 11.6. The van der Waals surface area contributed by atoms with E-state index in [2.05, 4.69) is 0 Å². The van der Waals surface area contributed by atoms with Crippen molar-refractivity contribution in [3.05, 3.63) is 28.8 Å². The molecule has 0 aliphatic carbocycles. The van der Waals surface area contributed by atoms with E-state index in [-0.39, 0.29) is 5.91 Å². The number of nitrogens with zero attached hydrogens (tertiary/aromatic N) is 1. The van der Waals surface area contributed by atoms with Crippen LogP contribution in [-0.4, -0.2) is 31.1 Å². The van der Waals surface area contributed by atoms with E-state index in [0.717, 1.165) is 27.4 Å². The van der Waals surface area contributed by atoms with Gasteiger partial charge in [-0.05, 0) is 37.0 Å². The van der Waals surface area contributed by atoms with E-state index >= 15 is 0 Å². The molecule has 0 spiro atoms. The van der Waals surface area contributed by atoms with E-state index in [1.807, 2.05) is 26.0 Å². The van der Waals surface area contributed by atoms with Crippen LogP contribution in [-0.2, 0) is 11.2 Å². The second-order valence-electron chi connectivity index (χ2n) is 4.52. The standard InChI is InChI=1S/C13H21N3O2/c1-8-5-10(6-9(2)12(8)18-4)7-11(14)13(17)16(3)15/h5-6,11H,7,14-15H2,1-4H3. The number of ether oxygens (including phenoxy) is 1. The van der Waals surface area contributed by atoms with Crippen LogP contribution in [0.25, 0.3) is 0 Å². The number of nitrogens with two attached hydrogens (primary N) is 2. The number of amides is 1. The number of hydrazine groups is 1. The Kier molecular flexibility index (Phi) is 4.69. The number of carbonyl (C=O) groups excluding carboxylic acids is 1. The molecule has 5 heteroatoms. The van der Waals surface area contributed by atoms with Crippen molar-refractivity contribution in [1.82, 2.24) is 5.01 Å². The molecule has 0 bridgehead atoms. The summed E-state index contributed by atoms with van der Waals surface area (Å²) in [5, 5.41) is 1.02. The number of methoxy groups -OCH3 is 1. The van der Waals surface area contributed by atoms with Gasteiger partial charge in [-0.1, -0.05) is 12.1 Å². The molecule has 1 unspecified atom stereocenters. The van der Waals surface area contributed by atoms with E-state index in [4.69, 9.17) is 16.3 Å². The Morgan fingerprint density at radius 3 is 2.28 bits per heavy atom. The lowest BCUT2D eigenvalue weighted by atomic mass is 10.00. The van der Waals surface area contributed by atoms with Crippen molar-refractivity contribution in [3.8, 4) is 5.75 Å². The van der Waals surface area contributed by atoms with Gasteiger partial charge in [0.1, 0.15) is 5.75 Å². The summed E-state index contributed by atoms with van der Waals surface area (Å²) in [5.41, 5.74) is 8.90. The van der Waals surface area contributed by atoms with Crippen LogP contribution in [0.5, 0.6) is 5.75 Å². The fourth-order valence-electron chi connectivity index (χ4n) is 2.08. The van der Waals surface area contributed by atoms with Crippen LogP contribution in [0.15, 0.2) is 12.1 Å². The largest absolute Gasteiger partial charge is 0.496 e. The van der Waals surface area contributed by atoms with Gasteiger partial charge in [-0.15, -0.1) is 0 Å². The molecular formula is C13H21N3O2. The molecule has 0 aromatic heterocycles. The second kappa shape index (κ2) is 5.84. The highest BCUT2D eigenvalue weighted by atomic mass is 16.5. The maximum atomic E-state index is 11.6. The van der Waals surface area contributed by atoms with Crippen LogP contribution in [0.2, 0.25) is 0 Å². The third-order valence-corrected chi connectivity index (χ3v) is 2.84. The summed E-state index contributed by atoms with van der Waals surface area (Å²) in [6, 6.07) is 3.34. The Morgan fingerprint density at radius 2 is 1.89 bits per heavy atom. The van der Waals surface area contributed by atoms with E-state index in [1.54, 1.807) is 7.11 Å². The summed E-state index contributed by atoms with van der Waals surface area (Å²) in [5.74, 6) is 5.97. The molecule has 1 atom stereocenters. The van der Waals surface area contributed by atoms with Gasteiger partial charge in [0.15, 0.2) is 0 Å². The average molecular weight is 251 g/mol. The molecule has 0 heterocycles. The molecule has 5 nitrogen and oxygen atoms in total. The highest BCUT2D eigenvalue weighted by molar-refractivity contribution is 5.81. The molecule has 100 valence electrons. The van der Waals surface area contributed by atoms with Crippen LogP contribution in [0.3, 0.4) is 0 Å². The van der Waals surface area contributed by atoms with E-state index < -0.39 is 6.04 Å². The molecule has 4 N–H and O–H groups in total. The van der Waals surface area contributed by atoms with E-state index in [1.165, 1.54) is 7.05 Å². The third kappa shape index (κ3) is 3.21. The van der Waals surface area contributed by atoms with Gasteiger partial charge in [0.2, 0.25) is 0 Å². The van der Waals surface area contributed by atoms with Gasteiger partial charge >= 0.3 is 0 Å². The van der Waals surface area contributed by atoms with E-state index in [0.29, 0.717) is 6.42 Å². The van der Waals surface area contributed by atoms with Gasteiger partial charge in [-0.25, -0.2) is 5.84 Å². The monoisotopic (exact) mass is 251 g/mol. The summed E-state index contributed by atoms with van der Waals surface area (Å²) in [7, 11) is 3.14. The summed E-state index contributed by atoms with van der Waals surface area (Å²) in [6.45, 7) is 3.94. The predicted octanol–water partition coefficient (Wildman–Crippen LogP) is 0.514. The zero-order chi connectivity index (χ0) is 13.9. The Bertz CT molecular complexity index is 421. The quantitative estimate of drug-likeness (QED) is 0.464. The van der Waals surface area contributed by atoms with Gasteiger partial charge in [0.05, 0.1) is 13.2 Å². The number of rotatable bonds is 4. The van der Waals surface area contributed by atoms with Gasteiger partial charge in [-0.2, -0.15) is 0 Å². The van der Waals surface area contributed by atoms with Crippen LogP contribution in [0, 0.1) is 13.8 Å². The predicted molar refractivity (Wildman–Crippen MR) is 71.1 cm³/mol. The Balaban J connectivity index is 2.89. The number of carbonyl (C=O) groups is 1. The fraction of sp³-hybridized carbons (Fsp3) is 0.462. The molecule has 0 saturated heterocycles. The van der Waals surface area contributed by atoms with Gasteiger partial charge in [-0.3, -0.25) is 9.80 Å². The van der Waals surface area contributed by atoms with Crippen LogP contribution < -0.4 is 16.3 Å². The molecule has 1 aromatic rings. The van der Waals surface area contributed by atoms with Crippen molar-refractivity contribution in [2.45, 2.75) is 26.3 Å². The molecular weight excluding hydrogens is 230 g/mol. The lowest BCUT2D eigenvalue weighted by molar-refractivity contribution is -0.131. The molecule has 0 fully saturated rings. The number of hydrogen-bond donors (Lipinski definition) is 2. The SMILES string of the molecule is COc1c(C)cc(CC(N)C(=O)N(C)N)cc1C. The minimum absolute atomic E-state index is 0.277. The number of benzene rings is 1. The van der Waals surface area contributed by atoms with Crippen molar-refractivity contribution in [2.24, 2.45) is 11.6 Å². The topological polar surface area (TPSA) is 81.6 Å². The molecule has 1 aromatic carbocycles. The second-order valence-corrected chi connectivity index (χ2v) is 4.52. The number of hydrogen-bond acceptors (Lipinski definition) is 4. The Morgan fingerprint density at radius 1 is 1.39 bits per heavy atom. The summed E-state index contributed by atoms with van der Waals surface area (Å²) >= 11 is 0. The Hall–Kier alpha value is -1.59. The molecule has 1 rings (SSSR count). The highest BCUT2D eigenvalue weighted by Gasteiger charge is 2.17. The smallest absolute Gasteiger partial charge is 0.253 e. The number of aryl methyl sites for hydroxylation is 2.